The largest absolute Gasteiger partial charge is 0.444 e. The number of H-pyrrole nitrogens is 1. The number of imidazole rings is 1. The van der Waals surface area contributed by atoms with Gasteiger partial charge in [-0.25, -0.2) is 9.59 Å². The van der Waals surface area contributed by atoms with Crippen molar-refractivity contribution in [3.05, 3.63) is 83.0 Å². The highest BCUT2D eigenvalue weighted by molar-refractivity contribution is 5.96. The Hall–Kier alpha value is -3.81. The third kappa shape index (κ3) is 6.33. The molecule has 0 fully saturated rings. The second-order valence-electron chi connectivity index (χ2n) is 8.06. The van der Waals surface area contributed by atoms with Gasteiger partial charge in [0.2, 0.25) is 5.91 Å². The quantitative estimate of drug-likeness (QED) is 0.567. The number of carbonyl (C=O) groups excluding carboxylic acids is 2. The summed E-state index contributed by atoms with van der Waals surface area (Å²) in [4.78, 5) is 39.5. The number of alkyl carbamates (subject to hydrolysis) is 1. The number of rotatable bonds is 6. The predicted octanol–water partition coefficient (Wildman–Crippen LogP) is 3.24. The van der Waals surface area contributed by atoms with Gasteiger partial charge in [-0.1, -0.05) is 30.3 Å². The number of aromatic nitrogens is 2. The normalized spacial score (nSPS) is 12.1. The van der Waals surface area contributed by atoms with E-state index in [1.165, 1.54) is 4.57 Å². The Bertz CT molecular complexity index is 1080. The molecule has 8 nitrogen and oxygen atoms in total. The van der Waals surface area contributed by atoms with Crippen LogP contribution >= 0.6 is 0 Å². The van der Waals surface area contributed by atoms with Crippen LogP contribution in [0.25, 0.3) is 5.69 Å². The van der Waals surface area contributed by atoms with Crippen molar-refractivity contribution in [1.29, 1.82) is 0 Å². The lowest BCUT2D eigenvalue weighted by atomic mass is 10.1. The molecule has 31 heavy (non-hydrogen) atoms. The minimum atomic E-state index is -0.829. The highest BCUT2D eigenvalue weighted by Crippen LogP contribution is 2.14. The van der Waals surface area contributed by atoms with Crippen LogP contribution in [0.5, 0.6) is 0 Å². The van der Waals surface area contributed by atoms with E-state index in [1.807, 2.05) is 30.3 Å². The Balaban J connectivity index is 1.73. The standard InChI is InChI=1S/C23H26N4O4/c1-23(2,3)31-22(30)26-19(15-16-7-5-4-6-8-16)20(28)25-17-9-11-18(12-10-17)27-14-13-24-21(27)29/h4-14,19H,15H2,1-3H3,(H,24,29)(H,25,28)(H,26,30)/t19-/m1/s1. The zero-order valence-corrected chi connectivity index (χ0v) is 17.7. The van der Waals surface area contributed by atoms with Crippen LogP contribution < -0.4 is 16.3 Å². The van der Waals surface area contributed by atoms with E-state index in [0.29, 0.717) is 17.8 Å². The average Bonchev–Trinajstić information content (AvgIpc) is 3.13. The van der Waals surface area contributed by atoms with Crippen LogP contribution in [-0.4, -0.2) is 33.2 Å². The number of aromatic amines is 1. The van der Waals surface area contributed by atoms with Gasteiger partial charge in [0, 0.05) is 24.5 Å². The molecule has 0 aliphatic heterocycles. The van der Waals surface area contributed by atoms with Gasteiger partial charge in [-0.15, -0.1) is 0 Å². The smallest absolute Gasteiger partial charge is 0.408 e. The summed E-state index contributed by atoms with van der Waals surface area (Å²) in [5.74, 6) is -0.374. The maximum atomic E-state index is 12.9. The van der Waals surface area contributed by atoms with E-state index in [2.05, 4.69) is 15.6 Å². The topological polar surface area (TPSA) is 105 Å². The Morgan fingerprint density at radius 2 is 1.74 bits per heavy atom. The van der Waals surface area contributed by atoms with Crippen molar-refractivity contribution in [2.45, 2.75) is 38.8 Å². The lowest BCUT2D eigenvalue weighted by Gasteiger charge is -2.23. The van der Waals surface area contributed by atoms with Gasteiger partial charge in [-0.05, 0) is 50.6 Å². The van der Waals surface area contributed by atoms with Crippen LogP contribution in [0.3, 0.4) is 0 Å². The van der Waals surface area contributed by atoms with Crippen molar-refractivity contribution in [1.82, 2.24) is 14.9 Å². The molecule has 2 aromatic carbocycles. The molecule has 3 N–H and O–H groups in total. The molecule has 0 saturated carbocycles. The van der Waals surface area contributed by atoms with Gasteiger partial charge < -0.3 is 20.4 Å². The SMILES string of the molecule is CC(C)(C)OC(=O)N[C@H](Cc1ccccc1)C(=O)Nc1ccc(-n2cc[nH]c2=O)cc1. The molecule has 0 unspecified atom stereocenters. The summed E-state index contributed by atoms with van der Waals surface area (Å²) in [5, 5.41) is 5.47. The van der Waals surface area contributed by atoms with Crippen molar-refractivity contribution >= 4 is 17.7 Å². The number of amides is 2. The monoisotopic (exact) mass is 422 g/mol. The summed E-state index contributed by atoms with van der Waals surface area (Å²) >= 11 is 0. The maximum Gasteiger partial charge on any atom is 0.408 e. The first kappa shape index (κ1) is 21.9. The average molecular weight is 422 g/mol. The highest BCUT2D eigenvalue weighted by atomic mass is 16.6. The Kier molecular flexibility index (Phi) is 6.59. The molecule has 0 saturated heterocycles. The molecule has 3 aromatic rings. The van der Waals surface area contributed by atoms with Gasteiger partial charge in [0.25, 0.3) is 0 Å². The fraction of sp³-hybridized carbons (Fsp3) is 0.261. The van der Waals surface area contributed by atoms with E-state index in [4.69, 9.17) is 4.74 Å². The zero-order chi connectivity index (χ0) is 22.4. The number of ether oxygens (including phenoxy) is 1. The molecular weight excluding hydrogens is 396 g/mol. The first-order valence-corrected chi connectivity index (χ1v) is 9.92. The van der Waals surface area contributed by atoms with Crippen molar-refractivity contribution in [2.24, 2.45) is 0 Å². The number of hydrogen-bond acceptors (Lipinski definition) is 4. The van der Waals surface area contributed by atoms with E-state index in [1.54, 1.807) is 57.4 Å². The van der Waals surface area contributed by atoms with Gasteiger partial charge in [0.05, 0.1) is 5.69 Å². The Labute approximate surface area is 180 Å². The van der Waals surface area contributed by atoms with Crippen LogP contribution in [0, 0.1) is 0 Å². The van der Waals surface area contributed by atoms with Crippen LogP contribution in [-0.2, 0) is 16.0 Å². The molecule has 3 rings (SSSR count). The predicted molar refractivity (Wildman–Crippen MR) is 118 cm³/mol. The lowest BCUT2D eigenvalue weighted by molar-refractivity contribution is -0.118. The number of benzene rings is 2. The molecule has 0 aliphatic rings. The second-order valence-corrected chi connectivity index (χ2v) is 8.06. The third-order valence-corrected chi connectivity index (χ3v) is 4.35. The van der Waals surface area contributed by atoms with Crippen LogP contribution in [0.4, 0.5) is 10.5 Å². The Morgan fingerprint density at radius 3 is 2.32 bits per heavy atom. The fourth-order valence-electron chi connectivity index (χ4n) is 2.97. The molecule has 2 amide bonds. The number of carbonyl (C=O) groups is 2. The highest BCUT2D eigenvalue weighted by Gasteiger charge is 2.25. The van der Waals surface area contributed by atoms with Gasteiger partial charge in [-0.2, -0.15) is 0 Å². The molecule has 1 heterocycles. The minimum absolute atomic E-state index is 0.249. The zero-order valence-electron chi connectivity index (χ0n) is 17.7. The number of hydrogen-bond donors (Lipinski definition) is 3. The molecule has 0 radical (unpaired) electrons. The maximum absolute atomic E-state index is 12.9. The van der Waals surface area contributed by atoms with Crippen LogP contribution in [0.2, 0.25) is 0 Å². The first-order valence-electron chi connectivity index (χ1n) is 9.92. The molecular formula is C23H26N4O4. The summed E-state index contributed by atoms with van der Waals surface area (Å²) in [6, 6.07) is 15.4. The van der Waals surface area contributed by atoms with E-state index >= 15 is 0 Å². The first-order chi connectivity index (χ1) is 14.7. The molecule has 8 heteroatoms. The lowest BCUT2D eigenvalue weighted by Crippen LogP contribution is -2.47. The van der Waals surface area contributed by atoms with E-state index in [0.717, 1.165) is 5.56 Å². The second kappa shape index (κ2) is 9.34. The molecule has 1 atom stereocenters. The molecule has 0 bridgehead atoms. The number of anilines is 1. The summed E-state index contributed by atoms with van der Waals surface area (Å²) in [6.07, 6.45) is 2.82. The summed E-state index contributed by atoms with van der Waals surface area (Å²) in [6.45, 7) is 5.28. The van der Waals surface area contributed by atoms with Crippen LogP contribution in [0.1, 0.15) is 26.3 Å². The summed E-state index contributed by atoms with van der Waals surface area (Å²) in [5.41, 5.74) is 1.18. The van der Waals surface area contributed by atoms with Gasteiger partial charge >= 0.3 is 11.8 Å². The van der Waals surface area contributed by atoms with E-state index in [-0.39, 0.29) is 11.6 Å². The number of nitrogens with zero attached hydrogens (tertiary/aromatic N) is 1. The van der Waals surface area contributed by atoms with Gasteiger partial charge in [0.1, 0.15) is 11.6 Å². The Morgan fingerprint density at radius 1 is 1.06 bits per heavy atom. The number of nitrogens with one attached hydrogen (secondary N) is 3. The minimum Gasteiger partial charge on any atom is -0.444 e. The van der Waals surface area contributed by atoms with Crippen molar-refractivity contribution in [3.63, 3.8) is 0 Å². The van der Waals surface area contributed by atoms with Gasteiger partial charge in [0.15, 0.2) is 0 Å². The van der Waals surface area contributed by atoms with Crippen molar-refractivity contribution in [2.75, 3.05) is 5.32 Å². The molecule has 0 aliphatic carbocycles. The van der Waals surface area contributed by atoms with Crippen molar-refractivity contribution in [3.8, 4) is 5.69 Å². The van der Waals surface area contributed by atoms with Crippen molar-refractivity contribution < 1.29 is 14.3 Å². The third-order valence-electron chi connectivity index (χ3n) is 4.35. The van der Waals surface area contributed by atoms with E-state index in [9.17, 15) is 14.4 Å². The molecule has 162 valence electrons. The van der Waals surface area contributed by atoms with E-state index < -0.39 is 17.7 Å². The summed E-state index contributed by atoms with van der Waals surface area (Å²) < 4.78 is 6.76. The molecule has 0 spiro atoms. The van der Waals surface area contributed by atoms with Crippen LogP contribution in [0.15, 0.2) is 71.8 Å². The van der Waals surface area contributed by atoms with Gasteiger partial charge in [-0.3, -0.25) is 9.36 Å². The molecule has 1 aromatic heterocycles. The fourth-order valence-corrected chi connectivity index (χ4v) is 2.97. The summed E-state index contributed by atoms with van der Waals surface area (Å²) in [7, 11) is 0.